The van der Waals surface area contributed by atoms with Crippen LogP contribution in [0.25, 0.3) is 73.2 Å². The molecule has 0 unspecified atom stereocenters. The summed E-state index contributed by atoms with van der Waals surface area (Å²) in [4.78, 5) is 15.8. The molecule has 1 heterocycles. The maximum absolute atomic E-state index is 11.6. The van der Waals surface area contributed by atoms with Gasteiger partial charge in [0.2, 0.25) is 0 Å². The fraction of sp³-hybridized carbons (Fsp3) is 0.0769. The van der Waals surface area contributed by atoms with E-state index < -0.39 is 5.97 Å². The Bertz CT molecular complexity index is 3480. The lowest BCUT2D eigenvalue weighted by atomic mass is 9.73. The van der Waals surface area contributed by atoms with Crippen LogP contribution < -0.4 is 4.90 Å². The number of hydrogen-bond acceptors (Lipinski definition) is 4. The molecule has 0 bridgehead atoms. The van der Waals surface area contributed by atoms with E-state index in [0.717, 1.165) is 56.3 Å². The van der Waals surface area contributed by atoms with Crippen molar-refractivity contribution in [3.05, 3.63) is 249 Å². The second-order valence-electron chi connectivity index (χ2n) is 18.3. The third-order valence-corrected chi connectivity index (χ3v) is 15.8. The van der Waals surface area contributed by atoms with Gasteiger partial charge in [0.05, 0.1) is 0 Å². The summed E-state index contributed by atoms with van der Waals surface area (Å²) < 4.78 is 0. The van der Waals surface area contributed by atoms with Gasteiger partial charge < -0.3 is 10.0 Å². The van der Waals surface area contributed by atoms with E-state index >= 15 is 0 Å². The largest absolute Gasteiger partial charge is 0.477 e. The smallest absolute Gasteiger partial charge is 0.346 e. The summed E-state index contributed by atoms with van der Waals surface area (Å²) in [6.07, 6.45) is 7.94. The molecule has 1 aromatic heterocycles. The van der Waals surface area contributed by atoms with Crippen molar-refractivity contribution in [2.75, 3.05) is 4.90 Å². The maximum atomic E-state index is 11.6. The number of anilines is 3. The fourth-order valence-corrected chi connectivity index (χ4v) is 12.2. The molecule has 0 spiro atoms. The maximum Gasteiger partial charge on any atom is 0.346 e. The average Bonchev–Trinajstić information content (AvgIpc) is 4.16. The van der Waals surface area contributed by atoms with Crippen molar-refractivity contribution < 1.29 is 9.90 Å². The van der Waals surface area contributed by atoms with Gasteiger partial charge in [0.1, 0.15) is 11.6 Å². The number of carboxylic acid groups (broad SMARTS) is 1. The zero-order chi connectivity index (χ0) is 47.5. The minimum atomic E-state index is -1.22. The Kier molecular flexibility index (Phi) is 10.5. The first-order valence-corrected chi connectivity index (χ1v) is 24.7. The lowest BCUT2D eigenvalue weighted by molar-refractivity contribution is -0.132. The van der Waals surface area contributed by atoms with Crippen LogP contribution in [-0.4, -0.2) is 11.1 Å². The quantitative estimate of drug-likeness (QED) is 0.110. The van der Waals surface area contributed by atoms with Gasteiger partial charge in [-0.1, -0.05) is 153 Å². The van der Waals surface area contributed by atoms with Gasteiger partial charge in [-0.2, -0.15) is 5.26 Å². The molecule has 334 valence electrons. The van der Waals surface area contributed by atoms with E-state index in [0.29, 0.717) is 0 Å². The summed E-state index contributed by atoms with van der Waals surface area (Å²) in [6.45, 7) is 4.59. The van der Waals surface area contributed by atoms with Gasteiger partial charge in [-0.15, -0.1) is 11.3 Å². The number of nitriles is 1. The van der Waals surface area contributed by atoms with E-state index in [9.17, 15) is 15.2 Å². The molecule has 4 nitrogen and oxygen atoms in total. The predicted molar refractivity (Wildman–Crippen MR) is 290 cm³/mol. The van der Waals surface area contributed by atoms with Crippen LogP contribution in [-0.2, 0) is 10.2 Å². The Morgan fingerprint density at radius 2 is 0.957 bits per heavy atom. The summed E-state index contributed by atoms with van der Waals surface area (Å²) >= 11 is 1.50. The first kappa shape index (κ1) is 42.8. The topological polar surface area (TPSA) is 64.3 Å². The van der Waals surface area contributed by atoms with Gasteiger partial charge in [-0.3, -0.25) is 0 Å². The molecule has 1 N–H and O–H groups in total. The van der Waals surface area contributed by atoms with Crippen LogP contribution >= 0.6 is 11.3 Å². The number of benzene rings is 8. The van der Waals surface area contributed by atoms with Crippen LogP contribution in [0.4, 0.5) is 17.1 Å². The van der Waals surface area contributed by atoms with Crippen LogP contribution in [0.15, 0.2) is 200 Å². The standard InChI is InChI=1S/C65H46N2O2S/c1-3-65(4-2)61-38-43(63-34-31-48(70-63)37-44(40-66)64(68)69)25-32-57(61)58-33-30-47(39-62(58)65)67(45-26-21-41(22-27-45)35-59-53-17-9-5-13-49(53)50-14-6-10-18-54(50)59)46-28-23-42(24-29-46)36-60-55-19-11-7-15-51(55)52-16-8-12-20-56(52)60/h5-39H,3-4H2,1-2H3,(H,68,69)/b44-37+. The molecule has 0 aliphatic heterocycles. The number of nitrogens with zero attached hydrogens (tertiary/aromatic N) is 2. The van der Waals surface area contributed by atoms with Crippen LogP contribution in [0.3, 0.4) is 0 Å². The van der Waals surface area contributed by atoms with Gasteiger partial charge in [0, 0.05) is 32.2 Å². The Morgan fingerprint density at radius 3 is 1.40 bits per heavy atom. The van der Waals surface area contributed by atoms with Crippen LogP contribution in [0, 0.1) is 11.3 Å². The van der Waals surface area contributed by atoms with Crippen LogP contribution in [0.1, 0.15) is 76.1 Å². The van der Waals surface area contributed by atoms with E-state index in [-0.39, 0.29) is 11.0 Å². The lowest BCUT2D eigenvalue weighted by Gasteiger charge is -2.32. The van der Waals surface area contributed by atoms with Gasteiger partial charge in [0.15, 0.2) is 0 Å². The number of carbonyl (C=O) groups is 1. The molecule has 70 heavy (non-hydrogen) atoms. The summed E-state index contributed by atoms with van der Waals surface area (Å²) in [5, 5.41) is 18.9. The third-order valence-electron chi connectivity index (χ3n) is 14.7. The molecule has 0 radical (unpaired) electrons. The molecule has 3 aliphatic rings. The minimum absolute atomic E-state index is 0.229. The predicted octanol–water partition coefficient (Wildman–Crippen LogP) is 17.1. The van der Waals surface area contributed by atoms with Crippen LogP contribution in [0.5, 0.6) is 0 Å². The Balaban J connectivity index is 0.946. The first-order chi connectivity index (χ1) is 34.3. The van der Waals surface area contributed by atoms with Gasteiger partial charge >= 0.3 is 5.97 Å². The molecule has 0 saturated heterocycles. The summed E-state index contributed by atoms with van der Waals surface area (Å²) in [7, 11) is 0. The second-order valence-corrected chi connectivity index (χ2v) is 19.4. The molecule has 0 saturated carbocycles. The summed E-state index contributed by atoms with van der Waals surface area (Å²) in [6, 6.07) is 72.3. The summed E-state index contributed by atoms with van der Waals surface area (Å²) in [5.74, 6) is -1.22. The molecule has 0 amide bonds. The van der Waals surface area contributed by atoms with Crippen molar-refractivity contribution in [3.63, 3.8) is 0 Å². The summed E-state index contributed by atoms with van der Waals surface area (Å²) in [5.41, 5.74) is 23.9. The fourth-order valence-electron chi connectivity index (χ4n) is 11.3. The molecule has 5 heteroatoms. The molecule has 0 atom stereocenters. The monoisotopic (exact) mass is 918 g/mol. The highest BCUT2D eigenvalue weighted by molar-refractivity contribution is 7.16. The zero-order valence-electron chi connectivity index (χ0n) is 38.8. The van der Waals surface area contributed by atoms with Crippen molar-refractivity contribution in [1.29, 1.82) is 5.26 Å². The highest BCUT2D eigenvalue weighted by Gasteiger charge is 2.41. The Morgan fingerprint density at radius 1 is 0.529 bits per heavy atom. The Hall–Kier alpha value is -8.56. The van der Waals surface area contributed by atoms with E-state index in [1.807, 2.05) is 12.1 Å². The van der Waals surface area contributed by atoms with Crippen molar-refractivity contribution in [2.24, 2.45) is 0 Å². The van der Waals surface area contributed by atoms with Gasteiger partial charge in [-0.05, 0) is 180 Å². The lowest BCUT2D eigenvalue weighted by Crippen LogP contribution is -2.23. The Labute approximate surface area is 412 Å². The average molecular weight is 919 g/mol. The van der Waals surface area contributed by atoms with Crippen molar-refractivity contribution in [1.82, 2.24) is 0 Å². The molecule has 12 rings (SSSR count). The van der Waals surface area contributed by atoms with Crippen molar-refractivity contribution >= 4 is 63.7 Å². The van der Waals surface area contributed by atoms with E-state index in [4.69, 9.17) is 0 Å². The van der Waals surface area contributed by atoms with Crippen LogP contribution in [0.2, 0.25) is 0 Å². The molecule has 9 aromatic rings. The SMILES string of the molecule is CCC1(CC)c2cc(-c3ccc(/C=C(\C#N)C(=O)O)s3)ccc2-c2ccc(N(c3ccc(C=C4c5ccccc5-c5ccccc54)cc3)c3ccc(C=C4c5ccccc5-c5ccccc54)cc3)cc21. The number of aliphatic carboxylic acids is 1. The van der Waals surface area contributed by atoms with E-state index in [1.165, 1.54) is 95.3 Å². The number of hydrogen-bond donors (Lipinski definition) is 1. The highest BCUT2D eigenvalue weighted by Crippen LogP contribution is 2.55. The number of rotatable bonds is 10. The van der Waals surface area contributed by atoms with Crippen molar-refractivity contribution in [3.8, 4) is 49.9 Å². The normalized spacial score (nSPS) is 13.4. The second kappa shape index (κ2) is 17.2. The third kappa shape index (κ3) is 6.99. The number of thiophene rings is 1. The molecule has 3 aliphatic carbocycles. The van der Waals surface area contributed by atoms with Gasteiger partial charge in [0.25, 0.3) is 0 Å². The molecular weight excluding hydrogens is 873 g/mol. The van der Waals surface area contributed by atoms with E-state index in [1.54, 1.807) is 6.07 Å². The van der Waals surface area contributed by atoms with E-state index in [2.05, 4.69) is 213 Å². The minimum Gasteiger partial charge on any atom is -0.477 e. The number of fused-ring (bicyclic) bond motifs is 9. The molecular formula is C65H46N2O2S. The van der Waals surface area contributed by atoms with Crippen molar-refractivity contribution in [2.45, 2.75) is 32.1 Å². The highest BCUT2D eigenvalue weighted by atomic mass is 32.1. The molecule has 0 fully saturated rings. The first-order valence-electron chi connectivity index (χ1n) is 23.9. The van der Waals surface area contributed by atoms with Gasteiger partial charge in [-0.25, -0.2) is 4.79 Å². The zero-order valence-corrected chi connectivity index (χ0v) is 39.6. The molecule has 8 aromatic carbocycles. The number of carboxylic acids is 1.